The molecule has 0 saturated heterocycles. The maximum absolute atomic E-state index is 12.5. The van der Waals surface area contributed by atoms with E-state index in [1.807, 2.05) is 19.1 Å². The minimum atomic E-state index is -0.196. The van der Waals surface area contributed by atoms with Gasteiger partial charge in [-0.2, -0.15) is 0 Å². The van der Waals surface area contributed by atoms with Crippen LogP contribution in [0.1, 0.15) is 5.56 Å². The maximum Gasteiger partial charge on any atom is 0.269 e. The van der Waals surface area contributed by atoms with Crippen molar-refractivity contribution in [1.29, 1.82) is 0 Å². The lowest BCUT2D eigenvalue weighted by Crippen LogP contribution is -2.19. The largest absolute Gasteiger partial charge is 0.269 e. The summed E-state index contributed by atoms with van der Waals surface area (Å²) in [6.07, 6.45) is 4.86. The Hall–Kier alpha value is -2.83. The summed E-state index contributed by atoms with van der Waals surface area (Å²) in [5, 5.41) is 11.3. The highest BCUT2D eigenvalue weighted by atomic mass is 16.1. The lowest BCUT2D eigenvalue weighted by Gasteiger charge is -2.05. The SMILES string of the molecule is C=CCn1nnnc1-c1cnc2c(C)cccn2c1=O. The quantitative estimate of drug-likeness (QED) is 0.658. The molecule has 3 heterocycles. The van der Waals surface area contributed by atoms with Gasteiger partial charge in [-0.25, -0.2) is 9.67 Å². The molecule has 7 nitrogen and oxygen atoms in total. The Morgan fingerprint density at radius 2 is 2.30 bits per heavy atom. The lowest BCUT2D eigenvalue weighted by molar-refractivity contribution is 0.665. The van der Waals surface area contributed by atoms with E-state index in [1.54, 1.807) is 12.3 Å². The van der Waals surface area contributed by atoms with E-state index in [4.69, 9.17) is 0 Å². The van der Waals surface area contributed by atoms with Crippen LogP contribution in [0.3, 0.4) is 0 Å². The number of pyridine rings is 1. The van der Waals surface area contributed by atoms with Crippen molar-refractivity contribution in [2.24, 2.45) is 0 Å². The first-order valence-corrected chi connectivity index (χ1v) is 6.07. The predicted molar refractivity (Wildman–Crippen MR) is 73.2 cm³/mol. The van der Waals surface area contributed by atoms with Gasteiger partial charge in [-0.15, -0.1) is 11.7 Å². The van der Waals surface area contributed by atoms with Crippen molar-refractivity contribution in [1.82, 2.24) is 29.6 Å². The average Bonchev–Trinajstić information content (AvgIpc) is 2.89. The molecule has 7 heteroatoms. The summed E-state index contributed by atoms with van der Waals surface area (Å²) < 4.78 is 3.01. The summed E-state index contributed by atoms with van der Waals surface area (Å²) in [4.78, 5) is 16.9. The molecular weight excluding hydrogens is 256 g/mol. The van der Waals surface area contributed by atoms with E-state index in [-0.39, 0.29) is 5.56 Å². The Balaban J connectivity index is 2.28. The van der Waals surface area contributed by atoms with E-state index in [9.17, 15) is 4.79 Å². The average molecular weight is 268 g/mol. The standard InChI is InChI=1S/C13H12N6O/c1-3-6-19-12(15-16-17-19)10-8-14-11-9(2)5-4-7-18(11)13(10)20/h3-5,7-8H,1,6H2,2H3. The Morgan fingerprint density at radius 3 is 3.10 bits per heavy atom. The van der Waals surface area contributed by atoms with Gasteiger partial charge in [-0.1, -0.05) is 12.1 Å². The van der Waals surface area contributed by atoms with Crippen molar-refractivity contribution >= 4 is 5.65 Å². The second-order valence-corrected chi connectivity index (χ2v) is 4.34. The number of fused-ring (bicyclic) bond motifs is 1. The third-order valence-corrected chi connectivity index (χ3v) is 3.00. The zero-order chi connectivity index (χ0) is 14.1. The number of allylic oxidation sites excluding steroid dienone is 1. The third-order valence-electron chi connectivity index (χ3n) is 3.00. The maximum atomic E-state index is 12.5. The Bertz CT molecular complexity index is 847. The lowest BCUT2D eigenvalue weighted by atomic mass is 10.2. The molecule has 0 aliphatic rings. The molecular formula is C13H12N6O. The molecule has 0 unspecified atom stereocenters. The molecule has 0 amide bonds. The molecule has 3 aromatic rings. The first kappa shape index (κ1) is 12.2. The molecule has 20 heavy (non-hydrogen) atoms. The minimum absolute atomic E-state index is 0.196. The monoisotopic (exact) mass is 268 g/mol. The van der Waals surface area contributed by atoms with E-state index in [2.05, 4.69) is 27.1 Å². The highest BCUT2D eigenvalue weighted by molar-refractivity contribution is 5.56. The van der Waals surface area contributed by atoms with Crippen LogP contribution in [0.2, 0.25) is 0 Å². The molecule has 0 spiro atoms. The molecule has 0 fully saturated rings. The summed E-state index contributed by atoms with van der Waals surface area (Å²) in [5.41, 5.74) is 1.73. The highest BCUT2D eigenvalue weighted by Gasteiger charge is 2.14. The summed E-state index contributed by atoms with van der Waals surface area (Å²) >= 11 is 0. The zero-order valence-electron chi connectivity index (χ0n) is 10.9. The molecule has 0 aromatic carbocycles. The van der Waals surface area contributed by atoms with Gasteiger partial charge in [-0.3, -0.25) is 9.20 Å². The molecule has 0 saturated carbocycles. The molecule has 0 radical (unpaired) electrons. The first-order valence-electron chi connectivity index (χ1n) is 6.07. The summed E-state index contributed by atoms with van der Waals surface area (Å²) in [6.45, 7) is 5.97. The van der Waals surface area contributed by atoms with Crippen molar-refractivity contribution < 1.29 is 0 Å². The van der Waals surface area contributed by atoms with Crippen molar-refractivity contribution in [3.05, 3.63) is 53.1 Å². The van der Waals surface area contributed by atoms with Gasteiger partial charge in [-0.05, 0) is 29.0 Å². The fraction of sp³-hybridized carbons (Fsp3) is 0.154. The number of hydrogen-bond acceptors (Lipinski definition) is 5. The van der Waals surface area contributed by atoms with Crippen molar-refractivity contribution in [3.8, 4) is 11.4 Å². The predicted octanol–water partition coefficient (Wildman–Crippen LogP) is 0.842. The summed E-state index contributed by atoms with van der Waals surface area (Å²) in [6, 6.07) is 3.71. The van der Waals surface area contributed by atoms with E-state index in [0.717, 1.165) is 5.56 Å². The number of tetrazole rings is 1. The van der Waals surface area contributed by atoms with Gasteiger partial charge in [0.2, 0.25) is 0 Å². The van der Waals surface area contributed by atoms with Crippen LogP contribution >= 0.6 is 0 Å². The fourth-order valence-corrected chi connectivity index (χ4v) is 2.04. The van der Waals surface area contributed by atoms with Crippen LogP contribution in [0.25, 0.3) is 17.0 Å². The van der Waals surface area contributed by atoms with Gasteiger partial charge < -0.3 is 0 Å². The summed E-state index contributed by atoms with van der Waals surface area (Å²) in [7, 11) is 0. The van der Waals surface area contributed by atoms with Crippen LogP contribution in [0, 0.1) is 6.92 Å². The topological polar surface area (TPSA) is 78.0 Å². The summed E-state index contributed by atoms with van der Waals surface area (Å²) in [5.74, 6) is 0.387. The normalized spacial score (nSPS) is 10.8. The number of aryl methyl sites for hydroxylation is 1. The van der Waals surface area contributed by atoms with Crippen molar-refractivity contribution in [3.63, 3.8) is 0 Å². The highest BCUT2D eigenvalue weighted by Crippen LogP contribution is 2.12. The number of aromatic nitrogens is 6. The van der Waals surface area contributed by atoms with Crippen LogP contribution in [0.5, 0.6) is 0 Å². The molecule has 0 aliphatic carbocycles. The fourth-order valence-electron chi connectivity index (χ4n) is 2.04. The first-order chi connectivity index (χ1) is 9.72. The van der Waals surface area contributed by atoms with Crippen molar-refractivity contribution in [2.75, 3.05) is 0 Å². The zero-order valence-corrected chi connectivity index (χ0v) is 10.9. The van der Waals surface area contributed by atoms with Gasteiger partial charge in [0.25, 0.3) is 5.56 Å². The molecule has 100 valence electrons. The Morgan fingerprint density at radius 1 is 1.45 bits per heavy atom. The molecule has 3 rings (SSSR count). The molecule has 0 bridgehead atoms. The second-order valence-electron chi connectivity index (χ2n) is 4.34. The van der Waals surface area contributed by atoms with Crippen LogP contribution in [0.4, 0.5) is 0 Å². The number of nitrogens with zero attached hydrogens (tertiary/aromatic N) is 6. The van der Waals surface area contributed by atoms with Gasteiger partial charge >= 0.3 is 0 Å². The second kappa shape index (κ2) is 4.69. The number of hydrogen-bond donors (Lipinski definition) is 0. The minimum Gasteiger partial charge on any atom is -0.268 e. The van der Waals surface area contributed by atoms with Crippen LogP contribution in [-0.2, 0) is 6.54 Å². The van der Waals surface area contributed by atoms with Crippen LogP contribution in [0.15, 0.2) is 42.0 Å². The molecule has 0 aliphatic heterocycles. The Kier molecular flexibility index (Phi) is 2.86. The third kappa shape index (κ3) is 1.80. The number of rotatable bonds is 3. The van der Waals surface area contributed by atoms with E-state index >= 15 is 0 Å². The smallest absolute Gasteiger partial charge is 0.268 e. The van der Waals surface area contributed by atoms with Gasteiger partial charge in [0, 0.05) is 12.4 Å². The van der Waals surface area contributed by atoms with E-state index in [1.165, 1.54) is 15.3 Å². The molecule has 0 N–H and O–H groups in total. The van der Waals surface area contributed by atoms with E-state index in [0.29, 0.717) is 23.6 Å². The molecule has 3 aromatic heterocycles. The van der Waals surface area contributed by atoms with Crippen molar-refractivity contribution in [2.45, 2.75) is 13.5 Å². The molecule has 0 atom stereocenters. The van der Waals surface area contributed by atoms with Gasteiger partial charge in [0.1, 0.15) is 11.2 Å². The van der Waals surface area contributed by atoms with E-state index < -0.39 is 0 Å². The van der Waals surface area contributed by atoms with Gasteiger partial charge in [0.05, 0.1) is 6.54 Å². The van der Waals surface area contributed by atoms with Gasteiger partial charge in [0.15, 0.2) is 5.82 Å². The van der Waals surface area contributed by atoms with Crippen LogP contribution in [-0.4, -0.2) is 29.6 Å². The van der Waals surface area contributed by atoms with Crippen LogP contribution < -0.4 is 5.56 Å². The Labute approximate surface area is 114 Å².